The summed E-state index contributed by atoms with van der Waals surface area (Å²) in [6.45, 7) is 7.06. The van der Waals surface area contributed by atoms with Crippen molar-refractivity contribution in [2.24, 2.45) is 11.8 Å². The molecule has 1 saturated carbocycles. The van der Waals surface area contributed by atoms with Crippen LogP contribution in [0.3, 0.4) is 0 Å². The quantitative estimate of drug-likeness (QED) is 0.512. The first-order chi connectivity index (χ1) is 7.22. The number of ether oxygens (including phenoxy) is 2. The van der Waals surface area contributed by atoms with Crippen LogP contribution in [-0.4, -0.2) is 25.3 Å². The number of allylic oxidation sites excluding steroid dienone is 2. The topological polar surface area (TPSA) is 35.5 Å². The monoisotopic (exact) mass is 208 g/mol. The Hall–Kier alpha value is -0.930. The number of carbonyl (C=O) groups is 1. The van der Waals surface area contributed by atoms with Gasteiger partial charge >= 0.3 is 0 Å². The molecule has 2 atom stereocenters. The first kappa shape index (κ1) is 10.6. The highest BCUT2D eigenvalue weighted by Crippen LogP contribution is 2.35. The fraction of sp³-hybridized carbons (Fsp3) is 0.583. The minimum absolute atomic E-state index is 0.158. The lowest BCUT2D eigenvalue weighted by molar-refractivity contribution is -0.115. The zero-order valence-corrected chi connectivity index (χ0v) is 8.94. The van der Waals surface area contributed by atoms with Gasteiger partial charge in [0.2, 0.25) is 0 Å². The molecule has 2 aliphatic rings. The molecule has 2 rings (SSSR count). The highest BCUT2D eigenvalue weighted by molar-refractivity contribution is 5.98. The number of rotatable bonds is 2. The van der Waals surface area contributed by atoms with E-state index in [1.165, 1.54) is 0 Å². The van der Waals surface area contributed by atoms with Crippen LogP contribution in [0.15, 0.2) is 24.3 Å². The second-order valence-corrected chi connectivity index (χ2v) is 4.10. The Morgan fingerprint density at radius 2 is 2.07 bits per heavy atom. The summed E-state index contributed by atoms with van der Waals surface area (Å²) in [5.41, 5.74) is 0.810. The molecule has 82 valence electrons. The lowest BCUT2D eigenvalue weighted by atomic mass is 9.95. The van der Waals surface area contributed by atoms with Crippen LogP contribution in [0.1, 0.15) is 13.3 Å². The van der Waals surface area contributed by atoms with Crippen molar-refractivity contribution < 1.29 is 14.3 Å². The van der Waals surface area contributed by atoms with Gasteiger partial charge in [0.15, 0.2) is 12.1 Å². The average Bonchev–Trinajstić information content (AvgIpc) is 2.77. The minimum atomic E-state index is -0.336. The van der Waals surface area contributed by atoms with E-state index in [1.807, 2.05) is 12.2 Å². The van der Waals surface area contributed by atoms with E-state index in [-0.39, 0.29) is 18.0 Å². The maximum Gasteiger partial charge on any atom is 0.177 e. The normalized spacial score (nSPS) is 35.3. The Morgan fingerprint density at radius 1 is 1.40 bits per heavy atom. The molecule has 1 saturated heterocycles. The van der Waals surface area contributed by atoms with Crippen LogP contribution in [0.4, 0.5) is 0 Å². The molecular weight excluding hydrogens is 192 g/mol. The fourth-order valence-corrected chi connectivity index (χ4v) is 2.21. The molecule has 0 unspecified atom stereocenters. The summed E-state index contributed by atoms with van der Waals surface area (Å²) in [4.78, 5) is 11.7. The number of Topliss-reactive ketones (excluding diaryl/α,β-unsaturated/α-hetero) is 1. The van der Waals surface area contributed by atoms with E-state index in [1.54, 1.807) is 0 Å². The Morgan fingerprint density at radius 3 is 2.67 bits per heavy atom. The SMILES string of the molecule is C=C[C@@H]1/C(=C/C2OCCO2)C(=O)C[C@H]1C. The van der Waals surface area contributed by atoms with Crippen molar-refractivity contribution in [2.75, 3.05) is 13.2 Å². The lowest BCUT2D eigenvalue weighted by Gasteiger charge is -2.11. The summed E-state index contributed by atoms with van der Waals surface area (Å²) in [6.07, 6.45) is 3.92. The van der Waals surface area contributed by atoms with Gasteiger partial charge in [-0.05, 0) is 12.0 Å². The van der Waals surface area contributed by atoms with Crippen molar-refractivity contribution in [3.8, 4) is 0 Å². The van der Waals surface area contributed by atoms with Gasteiger partial charge in [-0.15, -0.1) is 6.58 Å². The molecule has 1 aliphatic heterocycles. The summed E-state index contributed by atoms with van der Waals surface area (Å²) in [5, 5.41) is 0. The predicted molar refractivity (Wildman–Crippen MR) is 56.3 cm³/mol. The van der Waals surface area contributed by atoms with E-state index in [0.29, 0.717) is 25.6 Å². The molecule has 3 heteroatoms. The summed E-state index contributed by atoms with van der Waals surface area (Å²) >= 11 is 0. The van der Waals surface area contributed by atoms with Crippen LogP contribution >= 0.6 is 0 Å². The molecule has 1 aliphatic carbocycles. The van der Waals surface area contributed by atoms with Gasteiger partial charge in [-0.3, -0.25) is 4.79 Å². The van der Waals surface area contributed by atoms with E-state index in [4.69, 9.17) is 9.47 Å². The summed E-state index contributed by atoms with van der Waals surface area (Å²) in [7, 11) is 0. The highest BCUT2D eigenvalue weighted by atomic mass is 16.7. The fourth-order valence-electron chi connectivity index (χ4n) is 2.21. The third kappa shape index (κ3) is 2.03. The molecule has 0 radical (unpaired) electrons. The molecule has 2 fully saturated rings. The van der Waals surface area contributed by atoms with Crippen LogP contribution in [0.2, 0.25) is 0 Å². The third-order valence-electron chi connectivity index (χ3n) is 3.02. The van der Waals surface area contributed by atoms with E-state index >= 15 is 0 Å². The lowest BCUT2D eigenvalue weighted by Crippen LogP contribution is -2.09. The Bertz CT molecular complexity index is 300. The van der Waals surface area contributed by atoms with Gasteiger partial charge in [-0.1, -0.05) is 13.0 Å². The molecule has 1 heterocycles. The number of ketones is 1. The maximum absolute atomic E-state index is 11.7. The van der Waals surface area contributed by atoms with Gasteiger partial charge in [0, 0.05) is 17.9 Å². The number of carbonyl (C=O) groups excluding carboxylic acids is 1. The first-order valence-corrected chi connectivity index (χ1v) is 5.33. The van der Waals surface area contributed by atoms with E-state index in [0.717, 1.165) is 5.57 Å². The van der Waals surface area contributed by atoms with Crippen LogP contribution in [0.25, 0.3) is 0 Å². The van der Waals surface area contributed by atoms with Crippen LogP contribution in [0.5, 0.6) is 0 Å². The second-order valence-electron chi connectivity index (χ2n) is 4.10. The van der Waals surface area contributed by atoms with Crippen LogP contribution in [-0.2, 0) is 14.3 Å². The molecule has 0 bridgehead atoms. The number of hydrogen-bond donors (Lipinski definition) is 0. The zero-order chi connectivity index (χ0) is 10.8. The van der Waals surface area contributed by atoms with Gasteiger partial charge in [0.05, 0.1) is 13.2 Å². The Balaban J connectivity index is 2.17. The standard InChI is InChI=1S/C12H16O3/c1-3-9-8(2)6-11(13)10(9)7-12-14-4-5-15-12/h3,7-9,12H,1,4-6H2,2H3/b10-7-/t8-,9+/m1/s1. The van der Waals surface area contributed by atoms with Crippen molar-refractivity contribution >= 4 is 5.78 Å². The molecule has 0 spiro atoms. The van der Waals surface area contributed by atoms with E-state index in [2.05, 4.69) is 13.5 Å². The molecule has 3 nitrogen and oxygen atoms in total. The molecule has 0 aromatic rings. The van der Waals surface area contributed by atoms with Crippen LogP contribution < -0.4 is 0 Å². The maximum atomic E-state index is 11.7. The molecule has 0 N–H and O–H groups in total. The van der Waals surface area contributed by atoms with Gasteiger partial charge in [-0.25, -0.2) is 0 Å². The largest absolute Gasteiger partial charge is 0.347 e. The summed E-state index contributed by atoms with van der Waals surface area (Å²) in [5.74, 6) is 0.708. The third-order valence-corrected chi connectivity index (χ3v) is 3.02. The Labute approximate surface area is 89.8 Å². The van der Waals surface area contributed by atoms with Crippen molar-refractivity contribution in [3.63, 3.8) is 0 Å². The minimum Gasteiger partial charge on any atom is -0.347 e. The smallest absolute Gasteiger partial charge is 0.177 e. The highest BCUT2D eigenvalue weighted by Gasteiger charge is 2.33. The second kappa shape index (κ2) is 4.29. The zero-order valence-electron chi connectivity index (χ0n) is 8.94. The number of hydrogen-bond acceptors (Lipinski definition) is 3. The molecule has 0 amide bonds. The van der Waals surface area contributed by atoms with Gasteiger partial charge in [0.25, 0.3) is 0 Å². The van der Waals surface area contributed by atoms with Crippen molar-refractivity contribution in [1.82, 2.24) is 0 Å². The van der Waals surface area contributed by atoms with Crippen LogP contribution in [0, 0.1) is 11.8 Å². The van der Waals surface area contributed by atoms with Crippen molar-refractivity contribution in [2.45, 2.75) is 19.6 Å². The van der Waals surface area contributed by atoms with Crippen molar-refractivity contribution in [3.05, 3.63) is 24.3 Å². The Kier molecular flexibility index (Phi) is 3.03. The molecule has 0 aromatic carbocycles. The van der Waals surface area contributed by atoms with E-state index in [9.17, 15) is 4.79 Å². The molecule has 15 heavy (non-hydrogen) atoms. The summed E-state index contributed by atoms with van der Waals surface area (Å²) < 4.78 is 10.6. The first-order valence-electron chi connectivity index (χ1n) is 5.33. The average molecular weight is 208 g/mol. The summed E-state index contributed by atoms with van der Waals surface area (Å²) in [6, 6.07) is 0. The van der Waals surface area contributed by atoms with Gasteiger partial charge < -0.3 is 9.47 Å². The molecular formula is C12H16O3. The van der Waals surface area contributed by atoms with Crippen molar-refractivity contribution in [1.29, 1.82) is 0 Å². The molecule has 0 aromatic heterocycles. The van der Waals surface area contributed by atoms with Gasteiger partial charge in [-0.2, -0.15) is 0 Å². The predicted octanol–water partition coefficient (Wildman–Crippen LogP) is 1.70. The van der Waals surface area contributed by atoms with E-state index < -0.39 is 0 Å². The van der Waals surface area contributed by atoms with Gasteiger partial charge in [0.1, 0.15) is 0 Å².